The lowest BCUT2D eigenvalue weighted by molar-refractivity contribution is 0.122. The summed E-state index contributed by atoms with van der Waals surface area (Å²) in [6, 6.07) is 4.80. The number of aliphatic imine (C=N–C) groups is 1. The van der Waals surface area contributed by atoms with Gasteiger partial charge in [-0.2, -0.15) is 10.3 Å². The number of rotatable bonds is 5. The number of ether oxygens (including phenoxy) is 2. The Balaban J connectivity index is 1.65. The Bertz CT molecular complexity index is 740. The molecule has 0 aliphatic carbocycles. The molecule has 2 aliphatic rings. The normalized spacial score (nSPS) is 20.9. The SMILES string of the molecule is CC(CC[C@@H]1CN(c2ccc(N3CCOCC3)c(F)c2)C(=O)O1)=NC#N. The summed E-state index contributed by atoms with van der Waals surface area (Å²) in [6.45, 7) is 4.57. The average molecular weight is 360 g/mol. The maximum Gasteiger partial charge on any atom is 0.414 e. The van der Waals surface area contributed by atoms with E-state index in [9.17, 15) is 9.18 Å². The van der Waals surface area contributed by atoms with Crippen molar-refractivity contribution in [3.63, 3.8) is 0 Å². The Labute approximate surface area is 151 Å². The number of hydrogen-bond donors (Lipinski definition) is 0. The van der Waals surface area contributed by atoms with Crippen LogP contribution in [0.5, 0.6) is 0 Å². The number of morpholine rings is 1. The van der Waals surface area contributed by atoms with E-state index in [1.165, 1.54) is 11.0 Å². The molecule has 0 unspecified atom stereocenters. The van der Waals surface area contributed by atoms with Gasteiger partial charge in [0.15, 0.2) is 0 Å². The molecule has 2 heterocycles. The third-order valence-corrected chi connectivity index (χ3v) is 4.54. The predicted octanol–water partition coefficient (Wildman–Crippen LogP) is 2.71. The lowest BCUT2D eigenvalue weighted by Crippen LogP contribution is -2.36. The molecule has 0 bridgehead atoms. The molecule has 1 amide bonds. The molecule has 0 aromatic heterocycles. The fourth-order valence-corrected chi connectivity index (χ4v) is 3.12. The van der Waals surface area contributed by atoms with Crippen LogP contribution in [0.3, 0.4) is 0 Å². The summed E-state index contributed by atoms with van der Waals surface area (Å²) in [7, 11) is 0. The van der Waals surface area contributed by atoms with Crippen LogP contribution >= 0.6 is 0 Å². The zero-order chi connectivity index (χ0) is 18.5. The Kier molecular flexibility index (Phi) is 5.68. The van der Waals surface area contributed by atoms with Gasteiger partial charge in [-0.3, -0.25) is 4.90 Å². The van der Waals surface area contributed by atoms with Gasteiger partial charge >= 0.3 is 6.09 Å². The number of halogens is 1. The van der Waals surface area contributed by atoms with Gasteiger partial charge in [-0.05, 0) is 38.0 Å². The summed E-state index contributed by atoms with van der Waals surface area (Å²) in [6.07, 6.45) is 2.11. The summed E-state index contributed by atoms with van der Waals surface area (Å²) in [5.74, 6) is -0.363. The largest absolute Gasteiger partial charge is 0.444 e. The molecule has 8 heteroatoms. The van der Waals surface area contributed by atoms with E-state index in [0.29, 0.717) is 62.8 Å². The van der Waals surface area contributed by atoms with E-state index >= 15 is 0 Å². The Hall–Kier alpha value is -2.66. The summed E-state index contributed by atoms with van der Waals surface area (Å²) in [4.78, 5) is 19.2. The van der Waals surface area contributed by atoms with Crippen molar-refractivity contribution in [2.24, 2.45) is 4.99 Å². The van der Waals surface area contributed by atoms with E-state index in [-0.39, 0.29) is 11.9 Å². The van der Waals surface area contributed by atoms with Gasteiger partial charge in [0.05, 0.1) is 31.1 Å². The van der Waals surface area contributed by atoms with Gasteiger partial charge in [0.1, 0.15) is 11.9 Å². The highest BCUT2D eigenvalue weighted by molar-refractivity contribution is 5.90. The Morgan fingerprint density at radius 1 is 1.42 bits per heavy atom. The minimum Gasteiger partial charge on any atom is -0.444 e. The molecule has 7 nitrogen and oxygen atoms in total. The van der Waals surface area contributed by atoms with Crippen molar-refractivity contribution in [3.8, 4) is 6.19 Å². The fourth-order valence-electron chi connectivity index (χ4n) is 3.12. The Morgan fingerprint density at radius 2 is 2.19 bits per heavy atom. The number of carbonyl (C=O) groups is 1. The summed E-state index contributed by atoms with van der Waals surface area (Å²) in [5, 5.41) is 8.53. The van der Waals surface area contributed by atoms with Crippen LogP contribution in [0.4, 0.5) is 20.6 Å². The van der Waals surface area contributed by atoms with E-state index < -0.39 is 6.09 Å². The standard InChI is InChI=1S/C18H21FN4O3/c1-13(21-12-20)2-4-15-11-23(18(24)26-15)14-3-5-17(16(19)10-14)22-6-8-25-9-7-22/h3,5,10,15H,2,4,6-9,11H2,1H3/t15-/m1/s1. The first-order valence-electron chi connectivity index (χ1n) is 8.61. The lowest BCUT2D eigenvalue weighted by atomic mass is 10.1. The monoisotopic (exact) mass is 360 g/mol. The number of carbonyl (C=O) groups excluding carboxylic acids is 1. The topological polar surface area (TPSA) is 78.2 Å². The quantitative estimate of drug-likeness (QED) is 0.596. The molecule has 1 aromatic rings. The molecule has 0 saturated carbocycles. The number of hydrogen-bond acceptors (Lipinski definition) is 6. The second kappa shape index (κ2) is 8.15. The molecule has 1 atom stereocenters. The predicted molar refractivity (Wildman–Crippen MR) is 95.0 cm³/mol. The van der Waals surface area contributed by atoms with E-state index in [2.05, 4.69) is 4.99 Å². The first-order chi connectivity index (χ1) is 12.6. The zero-order valence-electron chi connectivity index (χ0n) is 14.7. The zero-order valence-corrected chi connectivity index (χ0v) is 14.7. The molecule has 0 radical (unpaired) electrons. The number of nitriles is 1. The highest BCUT2D eigenvalue weighted by atomic mass is 19.1. The van der Waals surface area contributed by atoms with E-state index in [1.807, 2.05) is 4.90 Å². The average Bonchev–Trinajstić information content (AvgIpc) is 3.02. The van der Waals surface area contributed by atoms with Crippen molar-refractivity contribution in [2.45, 2.75) is 25.9 Å². The molecule has 2 aliphatic heterocycles. The number of anilines is 2. The summed E-state index contributed by atoms with van der Waals surface area (Å²) in [5.41, 5.74) is 1.70. The fraction of sp³-hybridized carbons (Fsp3) is 0.500. The van der Waals surface area contributed by atoms with Crippen LogP contribution in [0, 0.1) is 17.3 Å². The van der Waals surface area contributed by atoms with E-state index in [1.54, 1.807) is 25.2 Å². The minimum absolute atomic E-state index is 0.298. The summed E-state index contributed by atoms with van der Waals surface area (Å²) < 4.78 is 25.2. The molecule has 2 saturated heterocycles. The van der Waals surface area contributed by atoms with E-state index in [0.717, 1.165) is 0 Å². The molecular formula is C18H21FN4O3. The first-order valence-corrected chi connectivity index (χ1v) is 8.61. The second-order valence-electron chi connectivity index (χ2n) is 6.34. The summed E-state index contributed by atoms with van der Waals surface area (Å²) >= 11 is 0. The molecular weight excluding hydrogens is 339 g/mol. The van der Waals surface area contributed by atoms with Crippen LogP contribution < -0.4 is 9.80 Å². The van der Waals surface area contributed by atoms with Crippen LogP contribution in [-0.4, -0.2) is 50.8 Å². The third kappa shape index (κ3) is 4.11. The molecule has 3 rings (SSSR count). The number of cyclic esters (lactones) is 1. The molecule has 26 heavy (non-hydrogen) atoms. The smallest absolute Gasteiger partial charge is 0.414 e. The van der Waals surface area contributed by atoms with Crippen LogP contribution in [0.1, 0.15) is 19.8 Å². The van der Waals surface area contributed by atoms with Crippen molar-refractivity contribution in [3.05, 3.63) is 24.0 Å². The van der Waals surface area contributed by atoms with Gasteiger partial charge in [-0.25, -0.2) is 9.18 Å². The van der Waals surface area contributed by atoms with Crippen molar-refractivity contribution >= 4 is 23.2 Å². The second-order valence-corrected chi connectivity index (χ2v) is 6.34. The molecule has 138 valence electrons. The maximum atomic E-state index is 14.5. The van der Waals surface area contributed by atoms with Gasteiger partial charge in [-0.1, -0.05) is 0 Å². The highest BCUT2D eigenvalue weighted by Crippen LogP contribution is 2.29. The molecule has 2 fully saturated rings. The van der Waals surface area contributed by atoms with Crippen molar-refractivity contribution in [2.75, 3.05) is 42.6 Å². The van der Waals surface area contributed by atoms with Gasteiger partial charge in [0, 0.05) is 18.8 Å². The maximum absolute atomic E-state index is 14.5. The number of benzene rings is 1. The van der Waals surface area contributed by atoms with Gasteiger partial charge in [0.25, 0.3) is 0 Å². The molecule has 0 spiro atoms. The van der Waals surface area contributed by atoms with Crippen LogP contribution in [0.2, 0.25) is 0 Å². The van der Waals surface area contributed by atoms with E-state index in [4.69, 9.17) is 14.7 Å². The first kappa shape index (κ1) is 18.1. The molecule has 0 N–H and O–H groups in total. The highest BCUT2D eigenvalue weighted by Gasteiger charge is 2.32. The molecule has 1 aromatic carbocycles. The van der Waals surface area contributed by atoms with Crippen LogP contribution in [-0.2, 0) is 9.47 Å². The number of amides is 1. The number of nitrogens with zero attached hydrogens (tertiary/aromatic N) is 4. The van der Waals surface area contributed by atoms with Crippen LogP contribution in [0.25, 0.3) is 0 Å². The minimum atomic E-state index is -0.483. The van der Waals surface area contributed by atoms with Gasteiger partial charge in [-0.15, -0.1) is 0 Å². The van der Waals surface area contributed by atoms with Gasteiger partial charge in [0.2, 0.25) is 6.19 Å². The third-order valence-electron chi connectivity index (χ3n) is 4.54. The Morgan fingerprint density at radius 3 is 2.88 bits per heavy atom. The van der Waals surface area contributed by atoms with Crippen molar-refractivity contribution < 1.29 is 18.7 Å². The van der Waals surface area contributed by atoms with Crippen molar-refractivity contribution in [1.82, 2.24) is 0 Å². The van der Waals surface area contributed by atoms with Crippen LogP contribution in [0.15, 0.2) is 23.2 Å². The lowest BCUT2D eigenvalue weighted by Gasteiger charge is -2.29. The van der Waals surface area contributed by atoms with Crippen molar-refractivity contribution in [1.29, 1.82) is 5.26 Å². The van der Waals surface area contributed by atoms with Gasteiger partial charge < -0.3 is 14.4 Å².